The minimum absolute atomic E-state index is 0.140. The third kappa shape index (κ3) is 5.37. The Bertz CT molecular complexity index is 855. The maximum absolute atomic E-state index is 12.7. The number of nitrogens with one attached hydrogen (secondary N) is 1. The summed E-state index contributed by atoms with van der Waals surface area (Å²) in [5, 5.41) is 7.37. The van der Waals surface area contributed by atoms with Crippen molar-refractivity contribution < 1.29 is 14.3 Å². The number of nitrogens with zero attached hydrogens (tertiary/aromatic N) is 3. The van der Waals surface area contributed by atoms with Gasteiger partial charge in [-0.2, -0.15) is 5.10 Å². The third-order valence-corrected chi connectivity index (χ3v) is 4.98. The molecule has 2 heterocycles. The van der Waals surface area contributed by atoms with E-state index in [0.29, 0.717) is 25.2 Å². The Morgan fingerprint density at radius 3 is 2.66 bits per heavy atom. The zero-order valence-corrected chi connectivity index (χ0v) is 17.6. The fourth-order valence-electron chi connectivity index (χ4n) is 3.52. The first-order chi connectivity index (χ1) is 13.7. The van der Waals surface area contributed by atoms with Gasteiger partial charge in [0.1, 0.15) is 5.60 Å². The molecule has 0 bridgehead atoms. The Balaban J connectivity index is 1.57. The monoisotopic (exact) mass is 398 g/mol. The Morgan fingerprint density at radius 1 is 1.24 bits per heavy atom. The lowest BCUT2D eigenvalue weighted by Gasteiger charge is -2.34. The maximum Gasteiger partial charge on any atom is 0.410 e. The van der Waals surface area contributed by atoms with Gasteiger partial charge in [-0.1, -0.05) is 18.2 Å². The van der Waals surface area contributed by atoms with E-state index in [0.717, 1.165) is 24.2 Å². The van der Waals surface area contributed by atoms with Gasteiger partial charge in [-0.25, -0.2) is 9.48 Å². The molecule has 0 radical (unpaired) electrons. The van der Waals surface area contributed by atoms with Crippen LogP contribution in [-0.4, -0.2) is 51.9 Å². The highest BCUT2D eigenvalue weighted by Gasteiger charge is 2.28. The quantitative estimate of drug-likeness (QED) is 0.854. The molecule has 1 fully saturated rings. The van der Waals surface area contributed by atoms with Crippen LogP contribution < -0.4 is 5.32 Å². The van der Waals surface area contributed by atoms with Gasteiger partial charge in [0, 0.05) is 19.6 Å². The molecule has 0 spiro atoms. The molecule has 2 amide bonds. The summed E-state index contributed by atoms with van der Waals surface area (Å²) >= 11 is 0. The smallest absolute Gasteiger partial charge is 0.410 e. The van der Waals surface area contributed by atoms with Crippen LogP contribution in [-0.2, 0) is 4.74 Å². The summed E-state index contributed by atoms with van der Waals surface area (Å²) < 4.78 is 7.23. The zero-order chi connectivity index (χ0) is 21.0. The predicted molar refractivity (Wildman–Crippen MR) is 111 cm³/mol. The van der Waals surface area contributed by atoms with Gasteiger partial charge in [-0.3, -0.25) is 4.79 Å². The van der Waals surface area contributed by atoms with Crippen molar-refractivity contribution >= 4 is 12.0 Å². The number of carbonyl (C=O) groups is 2. The molecule has 29 heavy (non-hydrogen) atoms. The van der Waals surface area contributed by atoms with Gasteiger partial charge in [0.2, 0.25) is 0 Å². The van der Waals surface area contributed by atoms with Crippen LogP contribution >= 0.6 is 0 Å². The van der Waals surface area contributed by atoms with Crippen molar-refractivity contribution in [2.24, 2.45) is 5.92 Å². The number of ether oxygens (including phenoxy) is 1. The molecule has 7 heteroatoms. The SMILES string of the molecule is Cc1c(C(=O)NCC2CCCN(C(=O)OC(C)(C)C)C2)cnn1-c1ccccc1. The van der Waals surface area contributed by atoms with E-state index in [9.17, 15) is 9.59 Å². The highest BCUT2D eigenvalue weighted by atomic mass is 16.6. The van der Waals surface area contributed by atoms with Gasteiger partial charge >= 0.3 is 6.09 Å². The molecule has 1 N–H and O–H groups in total. The fourth-order valence-corrected chi connectivity index (χ4v) is 3.52. The minimum atomic E-state index is -0.505. The van der Waals surface area contributed by atoms with Crippen LogP contribution in [0.15, 0.2) is 36.5 Å². The number of likely N-dealkylation sites (tertiary alicyclic amines) is 1. The highest BCUT2D eigenvalue weighted by molar-refractivity contribution is 5.95. The third-order valence-electron chi connectivity index (χ3n) is 4.98. The normalized spacial score (nSPS) is 17.1. The van der Waals surface area contributed by atoms with Crippen LogP contribution in [0.1, 0.15) is 49.7 Å². The maximum atomic E-state index is 12.7. The Hall–Kier alpha value is -2.83. The molecule has 1 aromatic heterocycles. The second kappa shape index (κ2) is 8.68. The Labute approximate surface area is 172 Å². The van der Waals surface area contributed by atoms with Crippen molar-refractivity contribution in [3.8, 4) is 5.69 Å². The Kier molecular flexibility index (Phi) is 6.25. The predicted octanol–water partition coefficient (Wildman–Crippen LogP) is 3.56. The van der Waals surface area contributed by atoms with Gasteiger partial charge in [0.05, 0.1) is 23.1 Å². The van der Waals surface area contributed by atoms with Crippen molar-refractivity contribution in [3.63, 3.8) is 0 Å². The Morgan fingerprint density at radius 2 is 1.97 bits per heavy atom. The van der Waals surface area contributed by atoms with Crippen LogP contribution in [0, 0.1) is 12.8 Å². The summed E-state index contributed by atoms with van der Waals surface area (Å²) in [5.74, 6) is 0.0729. The van der Waals surface area contributed by atoms with Gasteiger partial charge in [0.15, 0.2) is 0 Å². The molecule has 1 saturated heterocycles. The van der Waals surface area contributed by atoms with Gasteiger partial charge in [0.25, 0.3) is 5.91 Å². The van der Waals surface area contributed by atoms with Crippen molar-refractivity contribution in [1.29, 1.82) is 0 Å². The number of hydrogen-bond donors (Lipinski definition) is 1. The van der Waals surface area contributed by atoms with Crippen LogP contribution in [0.2, 0.25) is 0 Å². The largest absolute Gasteiger partial charge is 0.444 e. The second-order valence-corrected chi connectivity index (χ2v) is 8.54. The molecular weight excluding hydrogens is 368 g/mol. The van der Waals surface area contributed by atoms with E-state index in [4.69, 9.17) is 4.74 Å². The summed E-state index contributed by atoms with van der Waals surface area (Å²) in [7, 11) is 0. The van der Waals surface area contributed by atoms with Crippen LogP contribution in [0.3, 0.4) is 0 Å². The highest BCUT2D eigenvalue weighted by Crippen LogP contribution is 2.19. The summed E-state index contributed by atoms with van der Waals surface area (Å²) in [4.78, 5) is 26.7. The molecule has 1 aliphatic heterocycles. The second-order valence-electron chi connectivity index (χ2n) is 8.54. The number of carbonyl (C=O) groups excluding carboxylic acids is 2. The van der Waals surface area contributed by atoms with Crippen LogP contribution in [0.4, 0.5) is 4.79 Å². The molecule has 1 unspecified atom stereocenters. The van der Waals surface area contributed by atoms with E-state index in [-0.39, 0.29) is 17.9 Å². The van der Waals surface area contributed by atoms with Crippen molar-refractivity contribution in [2.75, 3.05) is 19.6 Å². The molecule has 1 aliphatic rings. The van der Waals surface area contributed by atoms with Gasteiger partial charge in [-0.05, 0) is 58.6 Å². The first kappa shape index (κ1) is 20.9. The molecule has 1 atom stereocenters. The lowest BCUT2D eigenvalue weighted by molar-refractivity contribution is 0.0167. The van der Waals surface area contributed by atoms with Crippen molar-refractivity contribution in [2.45, 2.75) is 46.1 Å². The molecule has 3 rings (SSSR count). The number of aromatic nitrogens is 2. The average molecular weight is 399 g/mol. The molecule has 2 aromatic rings. The number of rotatable bonds is 4. The molecule has 1 aromatic carbocycles. The molecule has 156 valence electrons. The standard InChI is InChI=1S/C22H30N4O3/c1-16-19(14-24-26(16)18-10-6-5-7-11-18)20(27)23-13-17-9-8-12-25(15-17)21(28)29-22(2,3)4/h5-7,10-11,14,17H,8-9,12-13,15H2,1-4H3,(H,23,27). The molecule has 0 saturated carbocycles. The number of amides is 2. The van der Waals surface area contributed by atoms with E-state index in [1.807, 2.05) is 58.0 Å². The van der Waals surface area contributed by atoms with E-state index in [1.54, 1.807) is 15.8 Å². The summed E-state index contributed by atoms with van der Waals surface area (Å²) in [6.07, 6.45) is 3.20. The lowest BCUT2D eigenvalue weighted by atomic mass is 9.98. The fraction of sp³-hybridized carbons (Fsp3) is 0.500. The minimum Gasteiger partial charge on any atom is -0.444 e. The molecule has 0 aliphatic carbocycles. The van der Waals surface area contributed by atoms with Crippen molar-refractivity contribution in [3.05, 3.63) is 47.8 Å². The number of para-hydroxylation sites is 1. The first-order valence-corrected chi connectivity index (χ1v) is 10.1. The van der Waals surface area contributed by atoms with E-state index < -0.39 is 5.60 Å². The van der Waals surface area contributed by atoms with Crippen LogP contribution in [0.25, 0.3) is 5.69 Å². The van der Waals surface area contributed by atoms with E-state index >= 15 is 0 Å². The number of piperidine rings is 1. The molecule has 7 nitrogen and oxygen atoms in total. The lowest BCUT2D eigenvalue weighted by Crippen LogP contribution is -2.45. The van der Waals surface area contributed by atoms with E-state index in [2.05, 4.69) is 10.4 Å². The summed E-state index contributed by atoms with van der Waals surface area (Å²) in [6, 6.07) is 9.73. The van der Waals surface area contributed by atoms with Gasteiger partial charge < -0.3 is 15.0 Å². The molecular formula is C22H30N4O3. The zero-order valence-electron chi connectivity index (χ0n) is 17.6. The first-order valence-electron chi connectivity index (χ1n) is 10.1. The van der Waals surface area contributed by atoms with Gasteiger partial charge in [-0.15, -0.1) is 0 Å². The summed E-state index contributed by atoms with van der Waals surface area (Å²) in [6.45, 7) is 9.30. The average Bonchev–Trinajstić information content (AvgIpc) is 3.07. The number of benzene rings is 1. The van der Waals surface area contributed by atoms with E-state index in [1.165, 1.54) is 0 Å². The van der Waals surface area contributed by atoms with Crippen LogP contribution in [0.5, 0.6) is 0 Å². The summed E-state index contributed by atoms with van der Waals surface area (Å²) in [5.41, 5.74) is 1.78. The topological polar surface area (TPSA) is 76.5 Å². The van der Waals surface area contributed by atoms with Crippen molar-refractivity contribution in [1.82, 2.24) is 20.0 Å². The number of hydrogen-bond acceptors (Lipinski definition) is 4.